The molecule has 0 saturated carbocycles. The molecule has 0 radical (unpaired) electrons. The second-order valence-corrected chi connectivity index (χ2v) is 7.51. The van der Waals surface area contributed by atoms with E-state index in [1.54, 1.807) is 19.4 Å². The fourth-order valence-corrected chi connectivity index (χ4v) is 4.39. The van der Waals surface area contributed by atoms with Crippen molar-refractivity contribution >= 4 is 5.95 Å². The van der Waals surface area contributed by atoms with Gasteiger partial charge in [0, 0.05) is 19.2 Å². The van der Waals surface area contributed by atoms with E-state index in [-0.39, 0.29) is 11.4 Å². The van der Waals surface area contributed by atoms with Crippen molar-refractivity contribution in [2.24, 2.45) is 0 Å². The van der Waals surface area contributed by atoms with Gasteiger partial charge < -0.3 is 14.4 Å². The lowest BCUT2D eigenvalue weighted by Gasteiger charge is -2.39. The third-order valence-electron chi connectivity index (χ3n) is 5.91. The Hall–Kier alpha value is -3.00. The summed E-state index contributed by atoms with van der Waals surface area (Å²) in [5.74, 6) is 1.94. The van der Waals surface area contributed by atoms with Gasteiger partial charge in [0.15, 0.2) is 0 Å². The van der Waals surface area contributed by atoms with Crippen LogP contribution in [0.4, 0.5) is 10.3 Å². The summed E-state index contributed by atoms with van der Waals surface area (Å²) >= 11 is 0. The predicted octanol–water partition coefficient (Wildman–Crippen LogP) is 3.14. The van der Waals surface area contributed by atoms with E-state index in [0.717, 1.165) is 54.5 Å². The molecule has 2 aromatic heterocycles. The molecule has 150 valence electrons. The predicted molar refractivity (Wildman–Crippen MR) is 105 cm³/mol. The monoisotopic (exact) mass is 395 g/mol. The number of pyridine rings is 1. The van der Waals surface area contributed by atoms with Gasteiger partial charge in [-0.1, -0.05) is 6.07 Å². The molecule has 0 bridgehead atoms. The van der Waals surface area contributed by atoms with Gasteiger partial charge in [0.1, 0.15) is 11.6 Å². The van der Waals surface area contributed by atoms with Crippen LogP contribution in [0.1, 0.15) is 29.8 Å². The van der Waals surface area contributed by atoms with E-state index in [2.05, 4.69) is 20.1 Å². The number of hydrogen-bond acceptors (Lipinski definition) is 6. The lowest BCUT2D eigenvalue weighted by molar-refractivity contribution is -0.0553. The average molecular weight is 395 g/mol. The maximum atomic E-state index is 13.6. The number of ether oxygens (including phenoxy) is 2. The number of nitrogens with zero attached hydrogens (tertiary/aromatic N) is 5. The number of benzene rings is 1. The molecule has 1 aromatic carbocycles. The third-order valence-corrected chi connectivity index (χ3v) is 5.91. The van der Waals surface area contributed by atoms with Crippen LogP contribution >= 0.6 is 0 Å². The summed E-state index contributed by atoms with van der Waals surface area (Å²) in [5, 5.41) is 8.70. The standard InChI is InChI=1S/C21H22FN5O2/c1-14-24-25-20(27(14)17-4-6-19(28-2)23-12-17)26-9-7-21(8-10-26)18-5-3-16(22)11-15(18)13-29-21/h3-6,11-12H,7-10,13H2,1-2H3. The molecule has 4 heterocycles. The molecule has 2 aliphatic heterocycles. The lowest BCUT2D eigenvalue weighted by Crippen LogP contribution is -2.43. The quantitative estimate of drug-likeness (QED) is 0.679. The number of anilines is 1. The van der Waals surface area contributed by atoms with Crippen LogP contribution in [0.25, 0.3) is 5.69 Å². The van der Waals surface area contributed by atoms with Gasteiger partial charge in [-0.15, -0.1) is 10.2 Å². The molecule has 1 saturated heterocycles. The van der Waals surface area contributed by atoms with Gasteiger partial charge in [-0.05, 0) is 49.1 Å². The van der Waals surface area contributed by atoms with Crippen LogP contribution in [0, 0.1) is 12.7 Å². The second kappa shape index (κ2) is 6.81. The zero-order chi connectivity index (χ0) is 20.0. The van der Waals surface area contributed by atoms with E-state index >= 15 is 0 Å². The van der Waals surface area contributed by atoms with Gasteiger partial charge in [-0.25, -0.2) is 9.37 Å². The highest BCUT2D eigenvalue weighted by molar-refractivity contribution is 5.45. The van der Waals surface area contributed by atoms with Crippen molar-refractivity contribution < 1.29 is 13.9 Å². The first-order valence-electron chi connectivity index (χ1n) is 9.70. The van der Waals surface area contributed by atoms with Gasteiger partial charge in [0.25, 0.3) is 0 Å². The number of aryl methyl sites for hydroxylation is 1. The topological polar surface area (TPSA) is 65.3 Å². The van der Waals surface area contributed by atoms with E-state index in [1.165, 1.54) is 6.07 Å². The van der Waals surface area contributed by atoms with Crippen molar-refractivity contribution in [2.75, 3.05) is 25.1 Å². The molecule has 8 heteroatoms. The van der Waals surface area contributed by atoms with Crippen LogP contribution in [0.3, 0.4) is 0 Å². The molecule has 3 aromatic rings. The Labute approximate surface area is 168 Å². The van der Waals surface area contributed by atoms with Crippen molar-refractivity contribution in [3.63, 3.8) is 0 Å². The number of fused-ring (bicyclic) bond motifs is 2. The zero-order valence-electron chi connectivity index (χ0n) is 16.4. The normalized spacial score (nSPS) is 17.6. The van der Waals surface area contributed by atoms with Gasteiger partial charge >= 0.3 is 0 Å². The van der Waals surface area contributed by atoms with Gasteiger partial charge in [0.2, 0.25) is 11.8 Å². The Bertz CT molecular complexity index is 1040. The molecule has 29 heavy (non-hydrogen) atoms. The molecule has 0 amide bonds. The SMILES string of the molecule is COc1ccc(-n2c(C)nnc2N2CCC3(CC2)OCc2cc(F)ccc23)cn1. The first kappa shape index (κ1) is 18.1. The number of piperidine rings is 1. The van der Waals surface area contributed by atoms with Crippen molar-refractivity contribution in [3.8, 4) is 11.6 Å². The number of hydrogen-bond donors (Lipinski definition) is 0. The van der Waals surface area contributed by atoms with Gasteiger partial charge in [-0.2, -0.15) is 0 Å². The number of methoxy groups -OCH3 is 1. The fourth-order valence-electron chi connectivity index (χ4n) is 4.39. The van der Waals surface area contributed by atoms with E-state index in [4.69, 9.17) is 9.47 Å². The molecule has 7 nitrogen and oxygen atoms in total. The van der Waals surface area contributed by atoms with E-state index in [0.29, 0.717) is 12.5 Å². The van der Waals surface area contributed by atoms with Crippen LogP contribution in [-0.4, -0.2) is 39.9 Å². The average Bonchev–Trinajstić information content (AvgIpc) is 3.29. The summed E-state index contributed by atoms with van der Waals surface area (Å²) in [6, 6.07) is 8.77. The van der Waals surface area contributed by atoms with Gasteiger partial charge in [0.05, 0.1) is 31.2 Å². The van der Waals surface area contributed by atoms with E-state index in [9.17, 15) is 4.39 Å². The minimum absolute atomic E-state index is 0.210. The molecule has 1 spiro atoms. The van der Waals surface area contributed by atoms with Crippen LogP contribution < -0.4 is 9.64 Å². The number of rotatable bonds is 3. The van der Waals surface area contributed by atoms with Gasteiger partial charge in [-0.3, -0.25) is 4.57 Å². The smallest absolute Gasteiger partial charge is 0.231 e. The van der Waals surface area contributed by atoms with Crippen molar-refractivity contribution in [3.05, 3.63) is 59.3 Å². The first-order valence-corrected chi connectivity index (χ1v) is 9.70. The summed E-state index contributed by atoms with van der Waals surface area (Å²) in [6.07, 6.45) is 3.39. The minimum Gasteiger partial charge on any atom is -0.481 e. The highest BCUT2D eigenvalue weighted by Gasteiger charge is 2.43. The summed E-state index contributed by atoms with van der Waals surface area (Å²) in [5.41, 5.74) is 2.64. The number of aromatic nitrogens is 4. The van der Waals surface area contributed by atoms with Crippen LogP contribution in [0.2, 0.25) is 0 Å². The molecule has 0 unspecified atom stereocenters. The Morgan fingerprint density at radius 1 is 1.14 bits per heavy atom. The molecule has 0 aliphatic carbocycles. The summed E-state index contributed by atoms with van der Waals surface area (Å²) in [4.78, 5) is 6.53. The summed E-state index contributed by atoms with van der Waals surface area (Å²) in [6.45, 7) is 3.95. The molecule has 0 atom stereocenters. The maximum Gasteiger partial charge on any atom is 0.231 e. The van der Waals surface area contributed by atoms with Crippen molar-refractivity contribution in [1.29, 1.82) is 0 Å². The Morgan fingerprint density at radius 2 is 1.97 bits per heavy atom. The van der Waals surface area contributed by atoms with Crippen molar-refractivity contribution in [2.45, 2.75) is 32.0 Å². The Balaban J connectivity index is 1.40. The molecule has 0 N–H and O–H groups in total. The summed E-state index contributed by atoms with van der Waals surface area (Å²) in [7, 11) is 1.60. The van der Waals surface area contributed by atoms with Crippen LogP contribution in [0.5, 0.6) is 5.88 Å². The Kier molecular flexibility index (Phi) is 4.24. The molecular formula is C21H22FN5O2. The highest BCUT2D eigenvalue weighted by atomic mass is 19.1. The maximum absolute atomic E-state index is 13.6. The zero-order valence-corrected chi connectivity index (χ0v) is 16.4. The van der Waals surface area contributed by atoms with E-state index < -0.39 is 0 Å². The fraction of sp³-hybridized carbons (Fsp3) is 0.381. The minimum atomic E-state index is -0.332. The van der Waals surface area contributed by atoms with Crippen molar-refractivity contribution in [1.82, 2.24) is 19.7 Å². The molecular weight excluding hydrogens is 373 g/mol. The molecule has 1 fully saturated rings. The Morgan fingerprint density at radius 3 is 2.69 bits per heavy atom. The second-order valence-electron chi connectivity index (χ2n) is 7.51. The summed E-state index contributed by atoms with van der Waals surface area (Å²) < 4.78 is 26.9. The first-order chi connectivity index (χ1) is 14.1. The van der Waals surface area contributed by atoms with Crippen LogP contribution in [-0.2, 0) is 16.9 Å². The third kappa shape index (κ3) is 2.95. The number of halogens is 1. The van der Waals surface area contributed by atoms with Crippen LogP contribution in [0.15, 0.2) is 36.5 Å². The molecule has 5 rings (SSSR count). The largest absolute Gasteiger partial charge is 0.481 e. The lowest BCUT2D eigenvalue weighted by atomic mass is 9.84. The highest BCUT2D eigenvalue weighted by Crippen LogP contribution is 2.44. The molecule has 2 aliphatic rings. The van der Waals surface area contributed by atoms with E-state index in [1.807, 2.05) is 29.7 Å².